The Bertz CT molecular complexity index is 171. The molecule has 0 amide bonds. The first-order chi connectivity index (χ1) is 6.25. The van der Waals surface area contributed by atoms with Crippen LogP contribution in [0.15, 0.2) is 12.4 Å². The molecule has 0 N–H and O–H groups in total. The van der Waals surface area contributed by atoms with Crippen molar-refractivity contribution in [3.8, 4) is 0 Å². The summed E-state index contributed by atoms with van der Waals surface area (Å²) in [6.07, 6.45) is 10.3. The monoisotopic (exact) mass is 310 g/mol. The first kappa shape index (κ1) is 14.1. The Morgan fingerprint density at radius 1 is 1.14 bits per heavy atom. The van der Waals surface area contributed by atoms with Crippen LogP contribution in [0.4, 0.5) is 0 Å². The van der Waals surface area contributed by atoms with Gasteiger partial charge in [0.15, 0.2) is 0 Å². The van der Waals surface area contributed by atoms with Crippen molar-refractivity contribution in [3.63, 3.8) is 0 Å². The second kappa shape index (κ2) is 7.37. The molecule has 0 aromatic carbocycles. The molecule has 0 aromatic heterocycles. The Hall–Kier alpha value is 0.0700. The van der Waals surface area contributed by atoms with Crippen LogP contribution in [0, 0.1) is 0 Å². The molecule has 0 aromatic rings. The zero-order chi connectivity index (χ0) is 9.68. The minimum atomic E-state index is 0. The van der Waals surface area contributed by atoms with Crippen LogP contribution in [0.5, 0.6) is 0 Å². The van der Waals surface area contributed by atoms with Crippen molar-refractivity contribution in [1.82, 2.24) is 9.80 Å². The normalized spacial score (nSPS) is 20.1. The molecule has 3 heteroatoms. The van der Waals surface area contributed by atoms with Crippen LogP contribution >= 0.6 is 24.0 Å². The maximum Gasteiger partial charge on any atom is 0.0974 e. The molecule has 1 rings (SSSR count). The van der Waals surface area contributed by atoms with Gasteiger partial charge in [0.25, 0.3) is 0 Å². The van der Waals surface area contributed by atoms with Gasteiger partial charge in [0.2, 0.25) is 0 Å². The van der Waals surface area contributed by atoms with Gasteiger partial charge in [0.1, 0.15) is 0 Å². The lowest BCUT2D eigenvalue weighted by Gasteiger charge is -2.26. The van der Waals surface area contributed by atoms with Crippen LogP contribution < -0.4 is 0 Å². The van der Waals surface area contributed by atoms with Gasteiger partial charge in [-0.15, -0.1) is 24.0 Å². The highest BCUT2D eigenvalue weighted by Crippen LogP contribution is 2.14. The summed E-state index contributed by atoms with van der Waals surface area (Å²) >= 11 is 0. The minimum Gasteiger partial charge on any atom is -0.359 e. The highest BCUT2D eigenvalue weighted by Gasteiger charge is 2.16. The van der Waals surface area contributed by atoms with Gasteiger partial charge in [-0.05, 0) is 13.3 Å². The molecule has 0 saturated carbocycles. The van der Waals surface area contributed by atoms with E-state index in [9.17, 15) is 0 Å². The quantitative estimate of drug-likeness (QED) is 0.568. The number of hydrogen-bond acceptors (Lipinski definition) is 2. The summed E-state index contributed by atoms with van der Waals surface area (Å²) in [6.45, 7) is 5.72. The summed E-state index contributed by atoms with van der Waals surface area (Å²) in [6, 6.07) is 0. The van der Waals surface area contributed by atoms with E-state index in [1.54, 1.807) is 0 Å². The Morgan fingerprint density at radius 2 is 1.86 bits per heavy atom. The number of rotatable bonds is 5. The van der Waals surface area contributed by atoms with Gasteiger partial charge >= 0.3 is 0 Å². The van der Waals surface area contributed by atoms with Gasteiger partial charge in [-0.3, -0.25) is 0 Å². The van der Waals surface area contributed by atoms with Crippen molar-refractivity contribution in [2.24, 2.45) is 0 Å². The lowest BCUT2D eigenvalue weighted by molar-refractivity contribution is 0.192. The molecule has 0 fully saturated rings. The number of nitrogens with zero attached hydrogens (tertiary/aromatic N) is 2. The van der Waals surface area contributed by atoms with Crippen LogP contribution in [0.1, 0.15) is 39.5 Å². The topological polar surface area (TPSA) is 6.48 Å². The summed E-state index contributed by atoms with van der Waals surface area (Å²) in [5.41, 5.74) is 0. The van der Waals surface area contributed by atoms with E-state index in [4.69, 9.17) is 0 Å². The van der Waals surface area contributed by atoms with Gasteiger partial charge in [-0.25, -0.2) is 0 Å². The predicted molar refractivity (Wildman–Crippen MR) is 72.6 cm³/mol. The maximum atomic E-state index is 2.41. The lowest BCUT2D eigenvalue weighted by atomic mass is 10.2. The Balaban J connectivity index is 0.00000169. The minimum absolute atomic E-state index is 0. The summed E-state index contributed by atoms with van der Waals surface area (Å²) in [7, 11) is 2.13. The fraction of sp³-hybridized carbons (Fsp3) is 0.818. The third-order valence-corrected chi connectivity index (χ3v) is 2.83. The zero-order valence-corrected chi connectivity index (χ0v) is 11.9. The Kier molecular flexibility index (Phi) is 7.41. The highest BCUT2D eigenvalue weighted by atomic mass is 127. The highest BCUT2D eigenvalue weighted by molar-refractivity contribution is 14.0. The number of hydrogen-bond donors (Lipinski definition) is 0. The van der Waals surface area contributed by atoms with Crippen LogP contribution in [0.25, 0.3) is 0 Å². The SMILES string of the molecule is CCCCCCN1C=CN(C)C1C.I. The van der Waals surface area contributed by atoms with Crippen molar-refractivity contribution in [2.45, 2.75) is 45.7 Å². The average Bonchev–Trinajstić information content (AvgIpc) is 2.43. The van der Waals surface area contributed by atoms with E-state index in [0.717, 1.165) is 0 Å². The predicted octanol–water partition coefficient (Wildman–Crippen LogP) is 3.25. The third-order valence-electron chi connectivity index (χ3n) is 2.83. The van der Waals surface area contributed by atoms with Gasteiger partial charge in [-0.1, -0.05) is 26.2 Å². The molecule has 84 valence electrons. The van der Waals surface area contributed by atoms with Crippen LogP contribution in [0.3, 0.4) is 0 Å². The standard InChI is InChI=1S/C11H22N2.HI/c1-4-5-6-7-8-13-10-9-12(3)11(13)2;/h9-11H,4-8H2,1-3H3;1H. The first-order valence-corrected chi connectivity index (χ1v) is 5.41. The molecule has 14 heavy (non-hydrogen) atoms. The van der Waals surface area contributed by atoms with E-state index >= 15 is 0 Å². The molecule has 1 aliphatic rings. The van der Waals surface area contributed by atoms with Gasteiger partial charge in [0.05, 0.1) is 6.17 Å². The van der Waals surface area contributed by atoms with Gasteiger partial charge < -0.3 is 9.80 Å². The van der Waals surface area contributed by atoms with Crippen molar-refractivity contribution < 1.29 is 0 Å². The number of halogens is 1. The fourth-order valence-electron chi connectivity index (χ4n) is 1.66. The van der Waals surface area contributed by atoms with Crippen molar-refractivity contribution in [2.75, 3.05) is 13.6 Å². The van der Waals surface area contributed by atoms with Crippen molar-refractivity contribution in [3.05, 3.63) is 12.4 Å². The van der Waals surface area contributed by atoms with E-state index < -0.39 is 0 Å². The van der Waals surface area contributed by atoms with E-state index in [1.807, 2.05) is 0 Å². The summed E-state index contributed by atoms with van der Waals surface area (Å²) in [4.78, 5) is 4.66. The summed E-state index contributed by atoms with van der Waals surface area (Å²) < 4.78 is 0. The Labute approximate surface area is 105 Å². The summed E-state index contributed by atoms with van der Waals surface area (Å²) in [5.74, 6) is 0. The molecule has 0 bridgehead atoms. The lowest BCUT2D eigenvalue weighted by Crippen LogP contribution is -2.34. The molecule has 1 atom stereocenters. The molecule has 1 heterocycles. The molecule has 0 saturated heterocycles. The second-order valence-corrected chi connectivity index (χ2v) is 3.89. The smallest absolute Gasteiger partial charge is 0.0974 e. The Morgan fingerprint density at radius 3 is 2.36 bits per heavy atom. The van der Waals surface area contributed by atoms with E-state index in [0.29, 0.717) is 6.17 Å². The molecule has 2 nitrogen and oxygen atoms in total. The van der Waals surface area contributed by atoms with Crippen molar-refractivity contribution in [1.29, 1.82) is 0 Å². The van der Waals surface area contributed by atoms with Crippen LogP contribution in [0.2, 0.25) is 0 Å². The van der Waals surface area contributed by atoms with Gasteiger partial charge in [-0.2, -0.15) is 0 Å². The molecule has 1 unspecified atom stereocenters. The molecular weight excluding hydrogens is 287 g/mol. The number of unbranched alkanes of at least 4 members (excludes halogenated alkanes) is 3. The average molecular weight is 310 g/mol. The fourth-order valence-corrected chi connectivity index (χ4v) is 1.66. The third kappa shape index (κ3) is 4.07. The second-order valence-electron chi connectivity index (χ2n) is 3.89. The van der Waals surface area contributed by atoms with E-state index in [2.05, 4.69) is 43.1 Å². The van der Waals surface area contributed by atoms with Crippen LogP contribution in [-0.4, -0.2) is 29.6 Å². The van der Waals surface area contributed by atoms with Gasteiger partial charge in [0, 0.05) is 26.0 Å². The van der Waals surface area contributed by atoms with Crippen LogP contribution in [-0.2, 0) is 0 Å². The molecular formula is C11H23IN2. The van der Waals surface area contributed by atoms with Crippen molar-refractivity contribution >= 4 is 24.0 Å². The molecule has 0 radical (unpaired) electrons. The molecule has 0 spiro atoms. The maximum absolute atomic E-state index is 2.41. The zero-order valence-electron chi connectivity index (χ0n) is 9.57. The van der Waals surface area contributed by atoms with E-state index in [-0.39, 0.29) is 24.0 Å². The largest absolute Gasteiger partial charge is 0.359 e. The summed E-state index contributed by atoms with van der Waals surface area (Å²) in [5, 5.41) is 0. The molecule has 0 aliphatic carbocycles. The van der Waals surface area contributed by atoms with E-state index in [1.165, 1.54) is 32.2 Å². The molecule has 1 aliphatic heterocycles. The first-order valence-electron chi connectivity index (χ1n) is 5.41.